The van der Waals surface area contributed by atoms with Gasteiger partial charge in [0.1, 0.15) is 6.54 Å². The molecule has 0 radical (unpaired) electrons. The van der Waals surface area contributed by atoms with Crippen molar-refractivity contribution >= 4 is 31.9 Å². The Balaban J connectivity index is 3.27. The minimum atomic E-state index is -3.84. The number of carboxylic acid groups (broad SMARTS) is 1. The molecule has 0 aliphatic rings. The molecule has 0 saturated carbocycles. The van der Waals surface area contributed by atoms with Crippen LogP contribution in [0.5, 0.6) is 0 Å². The Labute approximate surface area is 121 Å². The van der Waals surface area contributed by atoms with Crippen molar-refractivity contribution < 1.29 is 18.3 Å². The third-order valence-corrected chi connectivity index (χ3v) is 5.08. The van der Waals surface area contributed by atoms with E-state index in [2.05, 4.69) is 15.9 Å². The molecule has 1 N–H and O–H groups in total. The molecule has 0 bridgehead atoms. The number of aliphatic carboxylic acids is 1. The number of nitrogens with zero attached hydrogens (tertiary/aromatic N) is 1. The molecule has 1 aromatic carbocycles. The summed E-state index contributed by atoms with van der Waals surface area (Å²) in [5.74, 6) is -1.18. The van der Waals surface area contributed by atoms with Crippen molar-refractivity contribution in [1.29, 1.82) is 0 Å². The van der Waals surface area contributed by atoms with E-state index in [1.165, 1.54) is 12.1 Å². The molecule has 0 atom stereocenters. The number of hydrogen-bond acceptors (Lipinski definition) is 3. The Morgan fingerprint density at radius 2 is 1.74 bits per heavy atom. The quantitative estimate of drug-likeness (QED) is 0.904. The van der Waals surface area contributed by atoms with E-state index in [0.29, 0.717) is 0 Å². The van der Waals surface area contributed by atoms with Gasteiger partial charge in [0.15, 0.2) is 0 Å². The number of halogens is 1. The van der Waals surface area contributed by atoms with Crippen LogP contribution in [0.25, 0.3) is 0 Å². The zero-order valence-electron chi connectivity index (χ0n) is 10.9. The van der Waals surface area contributed by atoms with Crippen molar-refractivity contribution in [2.24, 2.45) is 0 Å². The molecule has 7 heteroatoms. The van der Waals surface area contributed by atoms with Gasteiger partial charge in [-0.25, -0.2) is 8.42 Å². The lowest BCUT2D eigenvalue weighted by atomic mass is 10.1. The van der Waals surface area contributed by atoms with Gasteiger partial charge in [-0.3, -0.25) is 4.79 Å². The van der Waals surface area contributed by atoms with Crippen molar-refractivity contribution in [3.63, 3.8) is 0 Å². The van der Waals surface area contributed by atoms with Crippen LogP contribution in [0.4, 0.5) is 0 Å². The highest BCUT2D eigenvalue weighted by Gasteiger charge is 2.35. The van der Waals surface area contributed by atoms with Gasteiger partial charge in [-0.1, -0.05) is 15.9 Å². The van der Waals surface area contributed by atoms with Crippen LogP contribution in [-0.2, 0) is 14.8 Å². The first-order valence-corrected chi connectivity index (χ1v) is 7.78. The van der Waals surface area contributed by atoms with Crippen LogP contribution in [0.1, 0.15) is 20.8 Å². The molecule has 0 fully saturated rings. The van der Waals surface area contributed by atoms with E-state index in [1.54, 1.807) is 32.9 Å². The first kappa shape index (κ1) is 16.1. The van der Waals surface area contributed by atoms with E-state index in [1.807, 2.05) is 0 Å². The van der Waals surface area contributed by atoms with Gasteiger partial charge < -0.3 is 5.11 Å². The summed E-state index contributed by atoms with van der Waals surface area (Å²) in [7, 11) is -3.84. The van der Waals surface area contributed by atoms with Crippen LogP contribution in [0.15, 0.2) is 33.6 Å². The first-order valence-electron chi connectivity index (χ1n) is 5.55. The summed E-state index contributed by atoms with van der Waals surface area (Å²) in [5, 5.41) is 8.89. The van der Waals surface area contributed by atoms with Crippen LogP contribution in [0, 0.1) is 0 Å². The van der Waals surface area contributed by atoms with Crippen molar-refractivity contribution in [2.45, 2.75) is 31.2 Å². The maximum atomic E-state index is 12.5. The van der Waals surface area contributed by atoms with Crippen LogP contribution < -0.4 is 0 Å². The summed E-state index contributed by atoms with van der Waals surface area (Å²) < 4.78 is 26.7. The van der Waals surface area contributed by atoms with Gasteiger partial charge in [0.2, 0.25) is 10.0 Å². The first-order chi connectivity index (χ1) is 8.55. The maximum absolute atomic E-state index is 12.5. The summed E-state index contributed by atoms with van der Waals surface area (Å²) in [4.78, 5) is 11.0. The highest BCUT2D eigenvalue weighted by Crippen LogP contribution is 2.25. The maximum Gasteiger partial charge on any atom is 0.318 e. The van der Waals surface area contributed by atoms with Crippen molar-refractivity contribution in [3.05, 3.63) is 28.7 Å². The highest BCUT2D eigenvalue weighted by atomic mass is 79.9. The number of carboxylic acids is 1. The Morgan fingerprint density at radius 1 is 1.26 bits per heavy atom. The Hall–Kier alpha value is -0.920. The lowest BCUT2D eigenvalue weighted by Crippen LogP contribution is -2.48. The number of sulfonamides is 1. The minimum Gasteiger partial charge on any atom is -0.480 e. The molecule has 106 valence electrons. The van der Waals surface area contributed by atoms with Gasteiger partial charge >= 0.3 is 5.97 Å². The van der Waals surface area contributed by atoms with Crippen LogP contribution >= 0.6 is 15.9 Å². The standard InChI is InChI=1S/C12H16BrNO4S/c1-12(2,3)14(8-11(15)16)19(17,18)10-6-4-9(13)5-7-10/h4-7H,8H2,1-3H3,(H,15,16). The molecule has 0 aromatic heterocycles. The summed E-state index contributed by atoms with van der Waals surface area (Å²) in [6, 6.07) is 6.10. The third kappa shape index (κ3) is 4.02. The predicted molar refractivity (Wildman–Crippen MR) is 75.4 cm³/mol. The van der Waals surface area contributed by atoms with Crippen molar-refractivity contribution in [1.82, 2.24) is 4.31 Å². The summed E-state index contributed by atoms with van der Waals surface area (Å²) >= 11 is 3.23. The Morgan fingerprint density at radius 3 is 2.11 bits per heavy atom. The molecular formula is C12H16BrNO4S. The molecule has 0 heterocycles. The zero-order valence-corrected chi connectivity index (χ0v) is 13.3. The van der Waals surface area contributed by atoms with Crippen LogP contribution in [0.2, 0.25) is 0 Å². The van der Waals surface area contributed by atoms with Gasteiger partial charge in [-0.2, -0.15) is 4.31 Å². The molecule has 0 amide bonds. The molecule has 0 spiro atoms. The van der Waals surface area contributed by atoms with E-state index in [4.69, 9.17) is 5.11 Å². The van der Waals surface area contributed by atoms with E-state index in [0.717, 1.165) is 8.78 Å². The second kappa shape index (κ2) is 5.60. The second-order valence-electron chi connectivity index (χ2n) is 5.03. The average molecular weight is 350 g/mol. The molecule has 1 aromatic rings. The molecular weight excluding hydrogens is 334 g/mol. The fraction of sp³-hybridized carbons (Fsp3) is 0.417. The van der Waals surface area contributed by atoms with Gasteiger partial charge in [-0.15, -0.1) is 0 Å². The lowest BCUT2D eigenvalue weighted by Gasteiger charge is -2.33. The van der Waals surface area contributed by atoms with Crippen molar-refractivity contribution in [2.75, 3.05) is 6.54 Å². The Bertz CT molecular complexity index is 560. The van der Waals surface area contributed by atoms with E-state index >= 15 is 0 Å². The number of benzene rings is 1. The molecule has 0 saturated heterocycles. The fourth-order valence-electron chi connectivity index (χ4n) is 1.54. The minimum absolute atomic E-state index is 0.0758. The fourth-order valence-corrected chi connectivity index (χ4v) is 3.54. The molecule has 19 heavy (non-hydrogen) atoms. The molecule has 5 nitrogen and oxygen atoms in total. The summed E-state index contributed by atoms with van der Waals surface area (Å²) in [5.41, 5.74) is -0.815. The van der Waals surface area contributed by atoms with E-state index < -0.39 is 28.1 Å². The van der Waals surface area contributed by atoms with Gasteiger partial charge in [0, 0.05) is 10.0 Å². The second-order valence-corrected chi connectivity index (χ2v) is 7.81. The van der Waals surface area contributed by atoms with Gasteiger partial charge in [0.05, 0.1) is 4.90 Å². The monoisotopic (exact) mass is 349 g/mol. The van der Waals surface area contributed by atoms with Crippen LogP contribution in [0.3, 0.4) is 0 Å². The smallest absolute Gasteiger partial charge is 0.318 e. The molecule has 0 unspecified atom stereocenters. The van der Waals surface area contributed by atoms with Gasteiger partial charge in [-0.05, 0) is 45.0 Å². The lowest BCUT2D eigenvalue weighted by molar-refractivity contribution is -0.138. The van der Waals surface area contributed by atoms with Crippen molar-refractivity contribution in [3.8, 4) is 0 Å². The summed E-state index contributed by atoms with van der Waals surface area (Å²) in [6.07, 6.45) is 0. The zero-order chi connectivity index (χ0) is 14.8. The molecule has 0 aliphatic carbocycles. The average Bonchev–Trinajstić information content (AvgIpc) is 2.24. The Kier molecular flexibility index (Phi) is 4.76. The van der Waals surface area contributed by atoms with Crippen LogP contribution in [-0.4, -0.2) is 35.9 Å². The number of carbonyl (C=O) groups is 1. The SMILES string of the molecule is CC(C)(C)N(CC(=O)O)S(=O)(=O)c1ccc(Br)cc1. The van der Waals surface area contributed by atoms with E-state index in [9.17, 15) is 13.2 Å². The summed E-state index contributed by atoms with van der Waals surface area (Å²) in [6.45, 7) is 4.41. The number of rotatable bonds is 4. The third-order valence-electron chi connectivity index (χ3n) is 2.43. The predicted octanol–water partition coefficient (Wildman–Crippen LogP) is 2.32. The normalized spacial score (nSPS) is 12.7. The molecule has 0 aliphatic heterocycles. The van der Waals surface area contributed by atoms with E-state index in [-0.39, 0.29) is 4.90 Å². The topological polar surface area (TPSA) is 74.7 Å². The molecule has 1 rings (SSSR count). The largest absolute Gasteiger partial charge is 0.480 e. The number of hydrogen-bond donors (Lipinski definition) is 1. The van der Waals surface area contributed by atoms with Gasteiger partial charge in [0.25, 0.3) is 0 Å². The highest BCUT2D eigenvalue weighted by molar-refractivity contribution is 9.10.